The van der Waals surface area contributed by atoms with Crippen LogP contribution in [-0.2, 0) is 0 Å². The zero-order chi connectivity index (χ0) is 16.8. The van der Waals surface area contributed by atoms with Gasteiger partial charge in [0.2, 0.25) is 0 Å². The van der Waals surface area contributed by atoms with Crippen molar-refractivity contribution in [3.05, 3.63) is 24.0 Å². The standard InChI is InChI=1S/C17H21N2S4/c1-6-22-12-8-9-18-17(23-7-2)16(12)15-11(3)19-14(21-5)10-13(15)20-4/h8-9H,6-7H2,1-5H3. The molecular formula is C17H21N2S4. The highest BCUT2D eigenvalue weighted by molar-refractivity contribution is 8.00. The number of nitrogens with zero attached hydrogens (tertiary/aromatic N) is 2. The molecule has 23 heavy (non-hydrogen) atoms. The van der Waals surface area contributed by atoms with Crippen LogP contribution in [0.1, 0.15) is 19.5 Å². The Morgan fingerprint density at radius 3 is 2.39 bits per heavy atom. The van der Waals surface area contributed by atoms with Gasteiger partial charge in [-0.05, 0) is 37.0 Å². The van der Waals surface area contributed by atoms with Crippen LogP contribution >= 0.6 is 47.0 Å². The largest absolute Gasteiger partial charge is 0.249 e. The minimum Gasteiger partial charge on any atom is -0.249 e. The maximum Gasteiger partial charge on any atom is 0.105 e. The van der Waals surface area contributed by atoms with Gasteiger partial charge in [0.15, 0.2) is 0 Å². The molecule has 0 bridgehead atoms. The Kier molecular flexibility index (Phi) is 7.66. The van der Waals surface area contributed by atoms with E-state index in [-0.39, 0.29) is 0 Å². The van der Waals surface area contributed by atoms with Gasteiger partial charge in [-0.3, -0.25) is 0 Å². The summed E-state index contributed by atoms with van der Waals surface area (Å²) in [5, 5.41) is 2.05. The van der Waals surface area contributed by atoms with E-state index in [1.54, 1.807) is 35.3 Å². The van der Waals surface area contributed by atoms with E-state index >= 15 is 0 Å². The molecule has 0 saturated carbocycles. The van der Waals surface area contributed by atoms with Crippen LogP contribution in [0, 0.1) is 13.0 Å². The van der Waals surface area contributed by atoms with Gasteiger partial charge < -0.3 is 0 Å². The molecule has 0 unspecified atom stereocenters. The summed E-state index contributed by atoms with van der Waals surface area (Å²) in [4.78, 5) is 11.8. The first-order chi connectivity index (χ1) is 11.2. The third-order valence-corrected chi connectivity index (χ3v) is 6.29. The second-order valence-electron chi connectivity index (χ2n) is 4.60. The molecule has 0 aliphatic carbocycles. The summed E-state index contributed by atoms with van der Waals surface area (Å²) in [5.41, 5.74) is 3.47. The Hall–Kier alpha value is -0.300. The van der Waals surface area contributed by atoms with E-state index in [1.807, 2.05) is 24.2 Å². The number of hydrogen-bond donors (Lipinski definition) is 0. The first-order valence-electron chi connectivity index (χ1n) is 7.43. The van der Waals surface area contributed by atoms with Crippen LogP contribution < -0.4 is 0 Å². The Morgan fingerprint density at radius 2 is 1.78 bits per heavy atom. The highest BCUT2D eigenvalue weighted by Crippen LogP contribution is 2.43. The lowest BCUT2D eigenvalue weighted by molar-refractivity contribution is 1.01. The lowest BCUT2D eigenvalue weighted by Crippen LogP contribution is -1.98. The fraction of sp³-hybridized carbons (Fsp3) is 0.412. The van der Waals surface area contributed by atoms with E-state index in [0.29, 0.717) is 0 Å². The van der Waals surface area contributed by atoms with Crippen molar-refractivity contribution in [2.75, 3.05) is 24.0 Å². The summed E-state index contributed by atoms with van der Waals surface area (Å²) in [6.07, 6.45) is 6.07. The number of pyridine rings is 2. The summed E-state index contributed by atoms with van der Waals surface area (Å²) in [6, 6.07) is 5.58. The molecule has 123 valence electrons. The monoisotopic (exact) mass is 381 g/mol. The lowest BCUT2D eigenvalue weighted by Gasteiger charge is -2.17. The summed E-state index contributed by atoms with van der Waals surface area (Å²) in [6.45, 7) is 6.45. The first-order valence-corrected chi connectivity index (χ1v) is 11.8. The van der Waals surface area contributed by atoms with E-state index < -0.39 is 0 Å². The molecule has 0 saturated heterocycles. The van der Waals surface area contributed by atoms with E-state index in [2.05, 4.69) is 44.1 Å². The van der Waals surface area contributed by atoms with Crippen LogP contribution in [0.25, 0.3) is 11.1 Å². The molecule has 0 aromatic carbocycles. The molecule has 0 aliphatic rings. The van der Waals surface area contributed by atoms with Crippen molar-refractivity contribution >= 4 is 47.0 Å². The Bertz CT molecular complexity index is 650. The van der Waals surface area contributed by atoms with Crippen LogP contribution in [0.5, 0.6) is 0 Å². The second kappa shape index (κ2) is 9.25. The highest BCUT2D eigenvalue weighted by Gasteiger charge is 2.19. The molecule has 1 radical (unpaired) electrons. The summed E-state index contributed by atoms with van der Waals surface area (Å²) in [7, 11) is 0. The van der Waals surface area contributed by atoms with Crippen LogP contribution in [-0.4, -0.2) is 34.0 Å². The van der Waals surface area contributed by atoms with Gasteiger partial charge in [0, 0.05) is 38.9 Å². The minimum atomic E-state index is 0.953. The number of hydrogen-bond acceptors (Lipinski definition) is 6. The maximum absolute atomic E-state index is 4.73. The molecule has 2 rings (SSSR count). The van der Waals surface area contributed by atoms with E-state index in [1.165, 1.54) is 16.0 Å². The van der Waals surface area contributed by atoms with Gasteiger partial charge in [0.05, 0.1) is 0 Å². The molecule has 0 amide bonds. The normalized spacial score (nSPS) is 11.0. The van der Waals surface area contributed by atoms with Gasteiger partial charge >= 0.3 is 0 Å². The number of aryl methyl sites for hydroxylation is 1. The van der Waals surface area contributed by atoms with Crippen LogP contribution in [0.3, 0.4) is 0 Å². The number of rotatable bonds is 7. The number of thioether (sulfide) groups is 4. The zero-order valence-corrected chi connectivity index (χ0v) is 17.4. The Morgan fingerprint density at radius 1 is 1.04 bits per heavy atom. The molecule has 6 heteroatoms. The van der Waals surface area contributed by atoms with Gasteiger partial charge in [0.1, 0.15) is 10.1 Å². The molecule has 0 atom stereocenters. The van der Waals surface area contributed by atoms with Crippen molar-refractivity contribution in [2.24, 2.45) is 0 Å². The molecule has 2 aromatic rings. The predicted molar refractivity (Wildman–Crippen MR) is 107 cm³/mol. The third-order valence-electron chi connectivity index (χ3n) is 3.18. The van der Waals surface area contributed by atoms with Gasteiger partial charge in [-0.2, -0.15) is 0 Å². The van der Waals surface area contributed by atoms with Crippen molar-refractivity contribution in [3.63, 3.8) is 0 Å². The highest BCUT2D eigenvalue weighted by atomic mass is 32.2. The summed E-state index contributed by atoms with van der Waals surface area (Å²) in [5.74, 6) is 2.05. The van der Waals surface area contributed by atoms with E-state index in [0.717, 1.165) is 32.1 Å². The van der Waals surface area contributed by atoms with E-state index in [4.69, 9.17) is 4.98 Å². The zero-order valence-electron chi connectivity index (χ0n) is 14.1. The lowest BCUT2D eigenvalue weighted by atomic mass is 10.1. The van der Waals surface area contributed by atoms with Crippen LogP contribution in [0.15, 0.2) is 32.1 Å². The topological polar surface area (TPSA) is 25.8 Å². The van der Waals surface area contributed by atoms with Crippen molar-refractivity contribution < 1.29 is 0 Å². The SMILES string of the molecule is CCSc1ccnc(SCC)c1-c1c(SC)[c]c(SC)nc1C. The average molecular weight is 382 g/mol. The number of aromatic nitrogens is 2. The maximum atomic E-state index is 4.73. The van der Waals surface area contributed by atoms with Gasteiger partial charge in [0.25, 0.3) is 0 Å². The molecule has 2 heterocycles. The van der Waals surface area contributed by atoms with Crippen molar-refractivity contribution in [1.29, 1.82) is 0 Å². The molecule has 0 N–H and O–H groups in total. The van der Waals surface area contributed by atoms with Crippen molar-refractivity contribution in [2.45, 2.75) is 40.6 Å². The smallest absolute Gasteiger partial charge is 0.105 e. The molecule has 0 spiro atoms. The summed E-state index contributed by atoms with van der Waals surface area (Å²) < 4.78 is 0. The van der Waals surface area contributed by atoms with Gasteiger partial charge in [-0.1, -0.05) is 13.8 Å². The van der Waals surface area contributed by atoms with Crippen molar-refractivity contribution in [1.82, 2.24) is 9.97 Å². The van der Waals surface area contributed by atoms with E-state index in [9.17, 15) is 0 Å². The second-order valence-corrected chi connectivity index (χ2v) is 8.77. The van der Waals surface area contributed by atoms with Crippen molar-refractivity contribution in [3.8, 4) is 11.1 Å². The molecule has 0 fully saturated rings. The summed E-state index contributed by atoms with van der Waals surface area (Å²) >= 11 is 7.03. The van der Waals surface area contributed by atoms with Crippen LogP contribution in [0.2, 0.25) is 0 Å². The predicted octanol–water partition coefficient (Wildman–Crippen LogP) is 5.92. The quantitative estimate of drug-likeness (QED) is 0.552. The fourth-order valence-corrected chi connectivity index (χ4v) is 5.07. The Balaban J connectivity index is 2.73. The molecule has 2 nitrogen and oxygen atoms in total. The minimum absolute atomic E-state index is 0.953. The molecule has 2 aromatic heterocycles. The molecule has 0 aliphatic heterocycles. The van der Waals surface area contributed by atoms with Crippen LogP contribution in [0.4, 0.5) is 0 Å². The Labute approximate surface area is 156 Å². The van der Waals surface area contributed by atoms with Gasteiger partial charge in [-0.25, -0.2) is 9.97 Å². The molecular weight excluding hydrogens is 360 g/mol. The first kappa shape index (κ1) is 19.0. The average Bonchev–Trinajstić information content (AvgIpc) is 2.55. The fourth-order valence-electron chi connectivity index (χ4n) is 2.28. The van der Waals surface area contributed by atoms with Gasteiger partial charge in [-0.15, -0.1) is 47.0 Å². The third kappa shape index (κ3) is 4.41.